The van der Waals surface area contributed by atoms with Crippen molar-refractivity contribution in [2.75, 3.05) is 0 Å². The molecule has 0 spiro atoms. The van der Waals surface area contributed by atoms with Crippen LogP contribution in [0.4, 0.5) is 0 Å². The summed E-state index contributed by atoms with van der Waals surface area (Å²) in [5.41, 5.74) is 3.11. The van der Waals surface area contributed by atoms with E-state index in [4.69, 9.17) is 0 Å². The Morgan fingerprint density at radius 1 is 0.769 bits per heavy atom. The summed E-state index contributed by atoms with van der Waals surface area (Å²) in [4.78, 5) is 0. The van der Waals surface area contributed by atoms with E-state index in [1.807, 2.05) is 12.1 Å². The van der Waals surface area contributed by atoms with Gasteiger partial charge >= 0.3 is 0 Å². The summed E-state index contributed by atoms with van der Waals surface area (Å²) in [6, 6.07) is 6.23. The van der Waals surface area contributed by atoms with Gasteiger partial charge in [0.15, 0.2) is 0 Å². The number of unbranched alkanes of at least 4 members (excludes halogenated alkanes) is 4. The molecule has 0 saturated carbocycles. The van der Waals surface area contributed by atoms with Crippen molar-refractivity contribution in [3.8, 4) is 5.75 Å². The van der Waals surface area contributed by atoms with E-state index in [1.165, 1.54) is 68.9 Å². The monoisotopic (exact) mass is 472 g/mol. The lowest BCUT2D eigenvalue weighted by molar-refractivity contribution is 0.308. The van der Waals surface area contributed by atoms with Gasteiger partial charge in [-0.1, -0.05) is 95.4 Å². The largest absolute Gasteiger partial charge is 0.508 e. The molecule has 0 saturated heterocycles. The second kappa shape index (κ2) is 11.6. The van der Waals surface area contributed by atoms with Crippen LogP contribution in [0.25, 0.3) is 0 Å². The van der Waals surface area contributed by atoms with Crippen LogP contribution in [-0.2, 0) is 12.8 Å². The van der Waals surface area contributed by atoms with Crippen molar-refractivity contribution in [1.29, 1.82) is 0 Å². The Bertz CT molecular complexity index is 513. The molecule has 150 valence electrons. The van der Waals surface area contributed by atoms with Gasteiger partial charge in [0.2, 0.25) is 0 Å². The van der Waals surface area contributed by atoms with Gasteiger partial charge < -0.3 is 5.11 Å². The van der Waals surface area contributed by atoms with Gasteiger partial charge in [0.1, 0.15) is 5.75 Å². The molecule has 0 heterocycles. The van der Waals surface area contributed by atoms with Crippen LogP contribution in [0.1, 0.15) is 104 Å². The summed E-state index contributed by atoms with van der Waals surface area (Å²) in [6.07, 6.45) is 13.7. The number of aryl methyl sites for hydroxylation is 2. The summed E-state index contributed by atoms with van der Waals surface area (Å²) >= 11 is 2.54. The van der Waals surface area contributed by atoms with Gasteiger partial charge in [0.25, 0.3) is 0 Å². The fourth-order valence-corrected chi connectivity index (χ4v) is 3.75. The van der Waals surface area contributed by atoms with E-state index in [0.717, 1.165) is 12.8 Å². The summed E-state index contributed by atoms with van der Waals surface area (Å²) < 4.78 is 0.419. The number of aromatic hydroxyl groups is 1. The van der Waals surface area contributed by atoms with Gasteiger partial charge in [-0.25, -0.2) is 0 Å². The van der Waals surface area contributed by atoms with Crippen molar-refractivity contribution < 1.29 is 5.11 Å². The number of halogens is 1. The number of hydrogen-bond donors (Lipinski definition) is 1. The van der Waals surface area contributed by atoms with Gasteiger partial charge in [-0.3, -0.25) is 0 Å². The predicted octanol–water partition coefficient (Wildman–Crippen LogP) is 8.25. The second-order valence-electron chi connectivity index (χ2n) is 9.37. The van der Waals surface area contributed by atoms with Gasteiger partial charge in [0.05, 0.1) is 0 Å². The third-order valence-electron chi connectivity index (χ3n) is 5.55. The highest BCUT2D eigenvalue weighted by molar-refractivity contribution is 14.1. The summed E-state index contributed by atoms with van der Waals surface area (Å²) in [6.45, 7) is 11.6. The first kappa shape index (κ1) is 23.8. The Morgan fingerprint density at radius 3 is 1.73 bits per heavy atom. The van der Waals surface area contributed by atoms with Crippen LogP contribution in [0, 0.1) is 5.41 Å². The molecule has 0 aliphatic heterocycles. The standard InChI is InChI=1S/C24H41IO/c1-6-23(2,3)15-11-7-9-13-20-17-21(19-22(26)18-20)14-10-8-12-16-24(4,5)25/h17-19,26H,6-16H2,1-5H3. The van der Waals surface area contributed by atoms with E-state index in [0.29, 0.717) is 14.6 Å². The highest BCUT2D eigenvalue weighted by Gasteiger charge is 2.14. The second-order valence-corrected chi connectivity index (χ2v) is 12.3. The van der Waals surface area contributed by atoms with Gasteiger partial charge in [-0.2, -0.15) is 0 Å². The molecule has 0 fully saturated rings. The quantitative estimate of drug-likeness (QED) is 0.174. The minimum absolute atomic E-state index is 0.419. The lowest BCUT2D eigenvalue weighted by Gasteiger charge is -2.22. The van der Waals surface area contributed by atoms with Crippen molar-refractivity contribution in [3.63, 3.8) is 0 Å². The van der Waals surface area contributed by atoms with Crippen molar-refractivity contribution in [2.24, 2.45) is 5.41 Å². The summed E-state index contributed by atoms with van der Waals surface area (Å²) in [7, 11) is 0. The molecular formula is C24H41IO. The van der Waals surface area contributed by atoms with Crippen LogP contribution >= 0.6 is 22.6 Å². The van der Waals surface area contributed by atoms with E-state index in [2.05, 4.69) is 63.3 Å². The number of phenols is 1. The maximum absolute atomic E-state index is 10.0. The first-order chi connectivity index (χ1) is 12.1. The Labute approximate surface area is 176 Å². The average Bonchev–Trinajstić information content (AvgIpc) is 2.52. The van der Waals surface area contributed by atoms with Gasteiger partial charge in [-0.15, -0.1) is 0 Å². The Kier molecular flexibility index (Phi) is 10.6. The van der Waals surface area contributed by atoms with Crippen molar-refractivity contribution in [1.82, 2.24) is 0 Å². The Balaban J connectivity index is 2.32. The van der Waals surface area contributed by atoms with Crippen LogP contribution in [0.2, 0.25) is 0 Å². The predicted molar refractivity (Wildman–Crippen MR) is 125 cm³/mol. The number of rotatable bonds is 13. The van der Waals surface area contributed by atoms with E-state index in [1.54, 1.807) is 0 Å². The zero-order chi connectivity index (χ0) is 19.6. The van der Waals surface area contributed by atoms with Crippen molar-refractivity contribution >= 4 is 22.6 Å². The molecule has 26 heavy (non-hydrogen) atoms. The molecule has 1 N–H and O–H groups in total. The van der Waals surface area contributed by atoms with Gasteiger partial charge in [-0.05, 0) is 67.2 Å². The molecule has 0 atom stereocenters. The normalized spacial score (nSPS) is 12.5. The van der Waals surface area contributed by atoms with Crippen LogP contribution in [0.3, 0.4) is 0 Å². The van der Waals surface area contributed by atoms with Crippen LogP contribution in [0.5, 0.6) is 5.75 Å². The lowest BCUT2D eigenvalue weighted by atomic mass is 9.84. The topological polar surface area (TPSA) is 20.2 Å². The average molecular weight is 472 g/mol. The molecule has 1 rings (SSSR count). The number of alkyl halides is 1. The third kappa shape index (κ3) is 11.5. The fourth-order valence-electron chi connectivity index (χ4n) is 3.37. The van der Waals surface area contributed by atoms with Gasteiger partial charge in [0, 0.05) is 3.42 Å². The van der Waals surface area contributed by atoms with Crippen molar-refractivity contribution in [2.45, 2.75) is 109 Å². The maximum Gasteiger partial charge on any atom is 0.116 e. The van der Waals surface area contributed by atoms with Crippen LogP contribution in [-0.4, -0.2) is 8.53 Å². The molecule has 0 amide bonds. The molecule has 1 aromatic rings. The van der Waals surface area contributed by atoms with Crippen molar-refractivity contribution in [3.05, 3.63) is 29.3 Å². The first-order valence-corrected chi connectivity index (χ1v) is 11.7. The minimum atomic E-state index is 0.419. The molecular weight excluding hydrogens is 431 g/mol. The number of phenolic OH excluding ortho intramolecular Hbond substituents is 1. The zero-order valence-electron chi connectivity index (χ0n) is 17.8. The molecule has 0 aliphatic rings. The molecule has 0 unspecified atom stereocenters. The van der Waals surface area contributed by atoms with E-state index in [9.17, 15) is 5.11 Å². The molecule has 0 bridgehead atoms. The smallest absolute Gasteiger partial charge is 0.116 e. The highest BCUT2D eigenvalue weighted by atomic mass is 127. The maximum atomic E-state index is 10.0. The minimum Gasteiger partial charge on any atom is -0.508 e. The molecule has 1 nitrogen and oxygen atoms in total. The lowest BCUT2D eigenvalue weighted by Crippen LogP contribution is -2.08. The zero-order valence-corrected chi connectivity index (χ0v) is 20.0. The third-order valence-corrected chi connectivity index (χ3v) is 6.09. The number of hydrogen-bond acceptors (Lipinski definition) is 1. The molecule has 0 aromatic heterocycles. The van der Waals surface area contributed by atoms with E-state index in [-0.39, 0.29) is 0 Å². The fraction of sp³-hybridized carbons (Fsp3) is 0.750. The van der Waals surface area contributed by atoms with Crippen LogP contribution < -0.4 is 0 Å². The Morgan fingerprint density at radius 2 is 1.27 bits per heavy atom. The first-order valence-electron chi connectivity index (χ1n) is 10.6. The van der Waals surface area contributed by atoms with Crippen LogP contribution in [0.15, 0.2) is 18.2 Å². The SMILES string of the molecule is CCC(C)(C)CCCCCc1cc(O)cc(CCCCCC(C)(C)I)c1. The number of benzene rings is 1. The molecule has 2 heteroatoms. The molecule has 0 radical (unpaired) electrons. The molecule has 1 aromatic carbocycles. The summed E-state index contributed by atoms with van der Waals surface area (Å²) in [5.74, 6) is 0.443. The highest BCUT2D eigenvalue weighted by Crippen LogP contribution is 2.28. The van der Waals surface area contributed by atoms with E-state index < -0.39 is 0 Å². The summed E-state index contributed by atoms with van der Waals surface area (Å²) in [5, 5.41) is 10.0. The van der Waals surface area contributed by atoms with E-state index >= 15 is 0 Å². The Hall–Kier alpha value is -0.250. The molecule has 0 aliphatic carbocycles.